The number of amides is 1. The summed E-state index contributed by atoms with van der Waals surface area (Å²) in [5.41, 5.74) is 0.677. The summed E-state index contributed by atoms with van der Waals surface area (Å²) in [6.07, 6.45) is -5.38. The summed E-state index contributed by atoms with van der Waals surface area (Å²) >= 11 is 0. The van der Waals surface area contributed by atoms with Gasteiger partial charge in [-0.3, -0.25) is 10.3 Å². The molecule has 0 saturated carbocycles. The highest BCUT2D eigenvalue weighted by atomic mass is 19.4. The largest absolute Gasteiger partial charge is 0.444 e. The number of nitrogens with one attached hydrogen (secondary N) is 1. The van der Waals surface area contributed by atoms with Crippen LogP contribution in [-0.4, -0.2) is 40.8 Å². The molecule has 0 atom stereocenters. The zero-order valence-electron chi connectivity index (χ0n) is 13.2. The number of hydrogen-bond donors (Lipinski definition) is 3. The number of carbonyl (C=O) groups excluding carboxylic acids is 1. The molecule has 0 heterocycles. The second-order valence-corrected chi connectivity index (χ2v) is 6.18. The summed E-state index contributed by atoms with van der Waals surface area (Å²) in [5.74, 6) is 0. The van der Waals surface area contributed by atoms with Crippen molar-refractivity contribution in [2.75, 3.05) is 6.54 Å². The molecular formula is C13H22F3N3O3. The number of allylic oxidation sites excluding steroid dienone is 1. The lowest BCUT2D eigenvalue weighted by Gasteiger charge is -2.22. The Balaban J connectivity index is 5.32. The number of nitrogens with zero attached hydrogens (tertiary/aromatic N) is 1. The number of aliphatic hydroxyl groups is 1. The number of ether oxygens (including phenoxy) is 1. The van der Waals surface area contributed by atoms with Crippen LogP contribution in [0.2, 0.25) is 0 Å². The Morgan fingerprint density at radius 3 is 2.09 bits per heavy atom. The Kier molecular flexibility index (Phi) is 6.43. The lowest BCUT2D eigenvalue weighted by atomic mass is 10.1. The zero-order valence-corrected chi connectivity index (χ0v) is 13.2. The second-order valence-electron chi connectivity index (χ2n) is 6.18. The number of rotatable bonds is 4. The minimum atomic E-state index is -4.86. The molecule has 22 heavy (non-hydrogen) atoms. The van der Waals surface area contributed by atoms with Gasteiger partial charge in [0.2, 0.25) is 0 Å². The van der Waals surface area contributed by atoms with Crippen LogP contribution >= 0.6 is 0 Å². The number of carbonyl (C=O) groups is 1. The lowest BCUT2D eigenvalue weighted by molar-refractivity contribution is -0.0589. The molecule has 0 aliphatic heterocycles. The molecule has 0 unspecified atom stereocenters. The van der Waals surface area contributed by atoms with Gasteiger partial charge in [-0.25, -0.2) is 4.79 Å². The third kappa shape index (κ3) is 8.50. The topological polar surface area (TPSA) is 96.9 Å². The third-order valence-electron chi connectivity index (χ3n) is 1.95. The van der Waals surface area contributed by atoms with Gasteiger partial charge in [0.05, 0.1) is 17.8 Å². The molecule has 9 heteroatoms. The number of alkyl carbamates (subject to hydrolysis) is 1. The highest BCUT2D eigenvalue weighted by Crippen LogP contribution is 2.22. The van der Waals surface area contributed by atoms with Crippen molar-refractivity contribution >= 4 is 11.8 Å². The summed E-state index contributed by atoms with van der Waals surface area (Å²) < 4.78 is 43.9. The number of nitrogens with two attached hydrogens (primary N) is 1. The van der Waals surface area contributed by atoms with Crippen molar-refractivity contribution in [2.45, 2.75) is 52.0 Å². The van der Waals surface area contributed by atoms with Crippen molar-refractivity contribution in [3.05, 3.63) is 11.9 Å². The first kappa shape index (κ1) is 20.2. The number of aliphatic imine (C=N–C) groups is 1. The van der Waals surface area contributed by atoms with Gasteiger partial charge < -0.3 is 15.6 Å². The second kappa shape index (κ2) is 6.99. The maximum absolute atomic E-state index is 13.0. The van der Waals surface area contributed by atoms with E-state index in [1.54, 1.807) is 20.8 Å². The van der Waals surface area contributed by atoms with Crippen LogP contribution in [0.5, 0.6) is 0 Å². The van der Waals surface area contributed by atoms with Crippen LogP contribution in [0.4, 0.5) is 18.0 Å². The van der Waals surface area contributed by atoms with Crippen molar-refractivity contribution in [2.24, 2.45) is 10.7 Å². The van der Waals surface area contributed by atoms with Crippen molar-refractivity contribution in [1.82, 2.24) is 5.32 Å². The van der Waals surface area contributed by atoms with Crippen molar-refractivity contribution in [3.63, 3.8) is 0 Å². The fourth-order valence-electron chi connectivity index (χ4n) is 1.19. The normalized spacial score (nSPS) is 14.8. The molecule has 0 aliphatic carbocycles. The fraction of sp³-hybridized carbons (Fsp3) is 0.692. The van der Waals surface area contributed by atoms with Gasteiger partial charge in [0.1, 0.15) is 5.60 Å². The van der Waals surface area contributed by atoms with Crippen LogP contribution < -0.4 is 11.1 Å². The van der Waals surface area contributed by atoms with E-state index in [4.69, 9.17) is 10.5 Å². The molecule has 0 rings (SSSR count). The zero-order chi connectivity index (χ0) is 17.8. The number of hydrogen-bond acceptors (Lipinski definition) is 5. The average Bonchev–Trinajstić information content (AvgIpc) is 2.21. The van der Waals surface area contributed by atoms with E-state index >= 15 is 0 Å². The minimum absolute atomic E-state index is 0.519. The molecular weight excluding hydrogens is 303 g/mol. The Hall–Kier alpha value is -1.77. The maximum atomic E-state index is 13.0. The van der Waals surface area contributed by atoms with E-state index in [0.29, 0.717) is 6.20 Å². The van der Waals surface area contributed by atoms with Gasteiger partial charge in [-0.15, -0.1) is 0 Å². The predicted octanol–water partition coefficient (Wildman–Crippen LogP) is 2.09. The average molecular weight is 325 g/mol. The quantitative estimate of drug-likeness (QED) is 0.689. The molecule has 6 nitrogen and oxygen atoms in total. The summed E-state index contributed by atoms with van der Waals surface area (Å²) in [6.45, 7) is 6.77. The molecule has 0 bridgehead atoms. The number of halogens is 3. The Morgan fingerprint density at radius 1 is 1.27 bits per heavy atom. The predicted molar refractivity (Wildman–Crippen MR) is 76.3 cm³/mol. The molecule has 0 aromatic rings. The highest BCUT2D eigenvalue weighted by molar-refractivity contribution is 6.05. The van der Waals surface area contributed by atoms with Gasteiger partial charge in [-0.2, -0.15) is 13.2 Å². The Morgan fingerprint density at radius 2 is 1.77 bits per heavy atom. The summed E-state index contributed by atoms with van der Waals surface area (Å²) in [4.78, 5) is 14.9. The molecule has 0 aromatic carbocycles. The van der Waals surface area contributed by atoms with Crippen LogP contribution in [0, 0.1) is 0 Å². The first-order valence-electron chi connectivity index (χ1n) is 6.42. The Bertz CT molecular complexity index is 458. The SMILES string of the molecule is CC(C)(O)CN=C(/C(=C\N)NC(=O)OC(C)(C)C)C(F)(F)F. The van der Waals surface area contributed by atoms with Gasteiger partial charge in [-0.05, 0) is 34.6 Å². The van der Waals surface area contributed by atoms with Crippen LogP contribution in [0.3, 0.4) is 0 Å². The maximum Gasteiger partial charge on any atom is 0.435 e. The fourth-order valence-corrected chi connectivity index (χ4v) is 1.19. The van der Waals surface area contributed by atoms with E-state index in [2.05, 4.69) is 4.99 Å². The van der Waals surface area contributed by atoms with Gasteiger partial charge >= 0.3 is 12.3 Å². The smallest absolute Gasteiger partial charge is 0.435 e. The third-order valence-corrected chi connectivity index (χ3v) is 1.95. The van der Waals surface area contributed by atoms with Crippen LogP contribution in [-0.2, 0) is 4.74 Å². The monoisotopic (exact) mass is 325 g/mol. The van der Waals surface area contributed by atoms with E-state index in [0.717, 1.165) is 0 Å². The molecule has 0 aromatic heterocycles. The van der Waals surface area contributed by atoms with Crippen molar-refractivity contribution < 1.29 is 27.8 Å². The van der Waals surface area contributed by atoms with Crippen LogP contribution in [0.15, 0.2) is 16.9 Å². The summed E-state index contributed by atoms with van der Waals surface area (Å²) in [7, 11) is 0. The molecule has 0 spiro atoms. The molecule has 128 valence electrons. The molecule has 0 aliphatic rings. The molecule has 1 amide bonds. The van der Waals surface area contributed by atoms with Gasteiger partial charge in [0.25, 0.3) is 0 Å². The van der Waals surface area contributed by atoms with Gasteiger partial charge in [0, 0.05) is 6.20 Å². The van der Waals surface area contributed by atoms with Crippen molar-refractivity contribution in [3.8, 4) is 0 Å². The molecule has 0 radical (unpaired) electrons. The lowest BCUT2D eigenvalue weighted by Crippen LogP contribution is -2.39. The highest BCUT2D eigenvalue weighted by Gasteiger charge is 2.39. The summed E-state index contributed by atoms with van der Waals surface area (Å²) in [6, 6.07) is 0. The molecule has 0 saturated heterocycles. The Labute approximate surface area is 127 Å². The first-order chi connectivity index (χ1) is 9.65. The first-order valence-corrected chi connectivity index (χ1v) is 6.42. The van der Waals surface area contributed by atoms with Gasteiger partial charge in [-0.1, -0.05) is 0 Å². The van der Waals surface area contributed by atoms with E-state index < -0.39 is 41.4 Å². The van der Waals surface area contributed by atoms with E-state index in [1.807, 2.05) is 5.32 Å². The van der Waals surface area contributed by atoms with E-state index in [-0.39, 0.29) is 0 Å². The van der Waals surface area contributed by atoms with Crippen LogP contribution in [0.1, 0.15) is 34.6 Å². The number of alkyl halides is 3. The van der Waals surface area contributed by atoms with E-state index in [1.165, 1.54) is 13.8 Å². The molecule has 0 fully saturated rings. The minimum Gasteiger partial charge on any atom is -0.444 e. The van der Waals surface area contributed by atoms with Gasteiger partial charge in [0.15, 0.2) is 5.71 Å². The van der Waals surface area contributed by atoms with Crippen LogP contribution in [0.25, 0.3) is 0 Å². The molecule has 4 N–H and O–H groups in total. The standard InChI is InChI=1S/C13H22F3N3O3/c1-11(2,3)22-10(20)19-8(6-17)9(13(14,15)16)18-7-12(4,5)21/h6,21H,7,17H2,1-5H3,(H,19,20)/b8-6+,18-9?. The summed E-state index contributed by atoms with van der Waals surface area (Å²) in [5, 5.41) is 11.4. The van der Waals surface area contributed by atoms with Crippen molar-refractivity contribution in [1.29, 1.82) is 0 Å². The van der Waals surface area contributed by atoms with E-state index in [9.17, 15) is 23.1 Å².